The van der Waals surface area contributed by atoms with Gasteiger partial charge in [-0.1, -0.05) is 24.3 Å². The molecule has 10 heterocycles. The number of furan rings is 2. The number of carbonyl (C=O) groups excluding carboxylic acids is 3. The van der Waals surface area contributed by atoms with Crippen molar-refractivity contribution in [3.63, 3.8) is 0 Å². The Morgan fingerprint density at radius 2 is 0.977 bits per heavy atom. The van der Waals surface area contributed by atoms with Gasteiger partial charge in [-0.2, -0.15) is 0 Å². The Kier molecular flexibility index (Phi) is 16.7. The van der Waals surface area contributed by atoms with Crippen LogP contribution in [0.5, 0.6) is 0 Å². The highest BCUT2D eigenvalue weighted by Gasteiger charge is 2.37. The van der Waals surface area contributed by atoms with Crippen LogP contribution < -0.4 is 11.1 Å². The molecule has 0 radical (unpaired) electrons. The maximum absolute atomic E-state index is 13.8. The fourth-order valence-electron chi connectivity index (χ4n) is 11.3. The maximum Gasteiger partial charge on any atom is 0.255 e. The molecule has 3 N–H and O–H groups in total. The van der Waals surface area contributed by atoms with Crippen LogP contribution in [-0.2, 0) is 43.9 Å². The van der Waals surface area contributed by atoms with Crippen molar-refractivity contribution in [2.75, 3.05) is 26.2 Å². The van der Waals surface area contributed by atoms with Crippen molar-refractivity contribution in [3.8, 4) is 44.8 Å². The lowest BCUT2D eigenvalue weighted by molar-refractivity contribution is -0.131. The van der Waals surface area contributed by atoms with Gasteiger partial charge < -0.3 is 34.6 Å². The average molecular weight is 1200 g/mol. The third-order valence-electron chi connectivity index (χ3n) is 16.3. The molecule has 0 spiro atoms. The van der Waals surface area contributed by atoms with Gasteiger partial charge in [-0.25, -0.2) is 26.3 Å². The molecule has 0 bridgehead atoms. The van der Waals surface area contributed by atoms with Crippen LogP contribution in [0.2, 0.25) is 0 Å². The lowest BCUT2D eigenvalue weighted by atomic mass is 9.98. The van der Waals surface area contributed by atoms with Gasteiger partial charge in [0.1, 0.15) is 34.3 Å². The number of nitrogens with zero attached hydrogens (tertiary/aromatic N) is 7. The standard InChI is InChI=1S/C35H29F3N4O3.C26H22F3N3O2.C7H8N2/c36-28-4-1-22(2-5-28)30-17-25(31-7-3-23(19-40-31)34(44)41-13-10-35(37,38)11-14-41)15-26-16-29(45-33(26)30)6-8-32(43)42-20-24-9-12-39-18-27(24)21-42;27-20-4-1-16(2-5-20)22-13-18(11-19-12-21(14-30)34-24(19)22)23-6-3-17(15-31-23)25(33)32-9-7-26(28,29)8-10-32;1-2-8-4-7-5-9-3-6(1)7/h1-5,7,9,12,15-19H,6,8,10-11,13-14,20-21H2;1-6,11-13,15H,7-10,14,30H2;1-2,4,9H,3,5H2. The van der Waals surface area contributed by atoms with E-state index in [0.29, 0.717) is 64.7 Å². The summed E-state index contributed by atoms with van der Waals surface area (Å²) in [6, 6.07) is 34.4. The Balaban J connectivity index is 0.000000154. The van der Waals surface area contributed by atoms with E-state index in [1.54, 1.807) is 60.9 Å². The summed E-state index contributed by atoms with van der Waals surface area (Å²) in [7, 11) is 0. The smallest absolute Gasteiger partial charge is 0.255 e. The molecule has 0 saturated carbocycles. The number of nitrogens with one attached hydrogen (secondary N) is 1. The second kappa shape index (κ2) is 25.1. The Labute approximate surface area is 502 Å². The Hall–Kier alpha value is -9.53. The number of hydrogen-bond acceptors (Lipinski definition) is 11. The highest BCUT2D eigenvalue weighted by Crippen LogP contribution is 2.39. The van der Waals surface area contributed by atoms with Crippen LogP contribution in [0, 0.1) is 11.6 Å². The molecule has 2 fully saturated rings. The van der Waals surface area contributed by atoms with Crippen molar-refractivity contribution in [3.05, 3.63) is 215 Å². The molecule has 20 heteroatoms. The van der Waals surface area contributed by atoms with Crippen LogP contribution in [0.3, 0.4) is 0 Å². The van der Waals surface area contributed by atoms with Gasteiger partial charge >= 0.3 is 0 Å². The van der Waals surface area contributed by atoms with Gasteiger partial charge in [0.05, 0.1) is 29.1 Å². The van der Waals surface area contributed by atoms with Crippen LogP contribution >= 0.6 is 0 Å². The van der Waals surface area contributed by atoms with Gasteiger partial charge in [-0.05, 0) is 130 Å². The summed E-state index contributed by atoms with van der Waals surface area (Å²) in [5, 5.41) is 4.87. The molecule has 88 heavy (non-hydrogen) atoms. The van der Waals surface area contributed by atoms with Crippen molar-refractivity contribution < 1.29 is 49.6 Å². The summed E-state index contributed by atoms with van der Waals surface area (Å²) < 4.78 is 93.4. The fraction of sp³-hybridized carbons (Fsp3) is 0.250. The first kappa shape index (κ1) is 58.8. The molecule has 0 aliphatic carbocycles. The van der Waals surface area contributed by atoms with E-state index in [1.165, 1.54) is 57.6 Å². The fourth-order valence-corrected chi connectivity index (χ4v) is 11.3. The van der Waals surface area contributed by atoms with Crippen LogP contribution in [-0.4, -0.2) is 90.4 Å². The minimum absolute atomic E-state index is 0.00284. The zero-order valence-electron chi connectivity index (χ0n) is 47.6. The summed E-state index contributed by atoms with van der Waals surface area (Å²) in [5.74, 6) is -5.47. The Morgan fingerprint density at radius 3 is 1.45 bits per heavy atom. The number of alkyl halides is 4. The topological polar surface area (TPSA) is 177 Å². The molecule has 448 valence electrons. The number of rotatable bonds is 10. The quantitative estimate of drug-likeness (QED) is 0.125. The van der Waals surface area contributed by atoms with E-state index in [9.17, 15) is 40.7 Å². The van der Waals surface area contributed by atoms with Gasteiger partial charge in [0, 0.05) is 161 Å². The monoisotopic (exact) mass is 1200 g/mol. The molecule has 4 aliphatic heterocycles. The summed E-state index contributed by atoms with van der Waals surface area (Å²) in [6.45, 7) is 3.41. The van der Waals surface area contributed by atoms with Crippen LogP contribution in [0.4, 0.5) is 26.3 Å². The number of fused-ring (bicyclic) bond motifs is 4. The molecular formula is C68H59F6N9O5. The minimum Gasteiger partial charge on any atom is -0.460 e. The van der Waals surface area contributed by atoms with E-state index in [1.807, 2.05) is 59.8 Å². The number of aromatic nitrogens is 4. The Bertz CT molecular complexity index is 4130. The molecule has 3 amide bonds. The molecule has 10 aromatic rings. The number of pyridine rings is 4. The average Bonchev–Trinajstić information content (AvgIpc) is 2.63. The zero-order chi connectivity index (χ0) is 61.1. The number of likely N-dealkylation sites (tertiary alicyclic amines) is 2. The van der Waals surface area contributed by atoms with E-state index in [-0.39, 0.29) is 94.2 Å². The van der Waals surface area contributed by atoms with E-state index in [4.69, 9.17) is 14.6 Å². The van der Waals surface area contributed by atoms with Crippen LogP contribution in [0.1, 0.15) is 86.6 Å². The van der Waals surface area contributed by atoms with Crippen molar-refractivity contribution in [2.45, 2.75) is 83.1 Å². The first-order valence-electron chi connectivity index (χ1n) is 29.0. The summed E-state index contributed by atoms with van der Waals surface area (Å²) >= 11 is 0. The molecule has 14 nitrogen and oxygen atoms in total. The minimum atomic E-state index is -2.74. The predicted molar refractivity (Wildman–Crippen MR) is 319 cm³/mol. The second-order valence-corrected chi connectivity index (χ2v) is 22.3. The molecule has 4 aliphatic rings. The number of piperidine rings is 2. The lowest BCUT2D eigenvalue weighted by Crippen LogP contribution is -2.42. The van der Waals surface area contributed by atoms with Gasteiger partial charge in [0.2, 0.25) is 5.91 Å². The highest BCUT2D eigenvalue weighted by atomic mass is 19.3. The van der Waals surface area contributed by atoms with Gasteiger partial charge in [0.15, 0.2) is 0 Å². The van der Waals surface area contributed by atoms with E-state index in [2.05, 4.69) is 31.3 Å². The summed E-state index contributed by atoms with van der Waals surface area (Å²) in [6.07, 6.45) is 9.58. The van der Waals surface area contributed by atoms with Crippen molar-refractivity contribution in [1.82, 2.24) is 40.0 Å². The van der Waals surface area contributed by atoms with E-state index < -0.39 is 11.8 Å². The molecule has 14 rings (SSSR count). The largest absolute Gasteiger partial charge is 0.460 e. The van der Waals surface area contributed by atoms with Crippen LogP contribution in [0.25, 0.3) is 66.7 Å². The number of aryl methyl sites for hydroxylation is 1. The van der Waals surface area contributed by atoms with Gasteiger partial charge in [-0.15, -0.1) is 0 Å². The van der Waals surface area contributed by atoms with Crippen molar-refractivity contribution in [1.29, 1.82) is 0 Å². The molecule has 2 saturated heterocycles. The number of carbonyl (C=O) groups is 3. The molecule has 0 unspecified atom stereocenters. The van der Waals surface area contributed by atoms with Crippen molar-refractivity contribution in [2.24, 2.45) is 5.73 Å². The zero-order valence-corrected chi connectivity index (χ0v) is 47.6. The van der Waals surface area contributed by atoms with Crippen LogP contribution in [0.15, 0.2) is 167 Å². The molecular weight excluding hydrogens is 1140 g/mol. The first-order valence-corrected chi connectivity index (χ1v) is 29.0. The predicted octanol–water partition coefficient (Wildman–Crippen LogP) is 13.4. The molecule has 4 aromatic carbocycles. The second-order valence-electron chi connectivity index (χ2n) is 22.3. The third kappa shape index (κ3) is 13.2. The van der Waals surface area contributed by atoms with Gasteiger partial charge in [-0.3, -0.25) is 34.3 Å². The first-order chi connectivity index (χ1) is 42.5. The van der Waals surface area contributed by atoms with Gasteiger partial charge in [0.25, 0.3) is 23.7 Å². The number of benzene rings is 4. The number of nitrogens with two attached hydrogens (primary N) is 1. The van der Waals surface area contributed by atoms with E-state index in [0.717, 1.165) is 68.4 Å². The maximum atomic E-state index is 13.8. The summed E-state index contributed by atoms with van der Waals surface area (Å²) in [5.41, 5.74) is 18.4. The molecule has 0 atom stereocenters. The van der Waals surface area contributed by atoms with E-state index >= 15 is 0 Å². The number of hydrogen-bond donors (Lipinski definition) is 2. The third-order valence-corrected chi connectivity index (χ3v) is 16.3. The van der Waals surface area contributed by atoms with Crippen molar-refractivity contribution >= 4 is 39.7 Å². The normalized spacial score (nSPS) is 15.7. The number of halogens is 6. The molecule has 6 aromatic heterocycles. The number of amides is 3. The summed E-state index contributed by atoms with van der Waals surface area (Å²) in [4.78, 5) is 60.5. The SMILES string of the molecule is NCc1cc2cc(-c3ccc(C(=O)N4CCC(F)(F)CC4)cn3)cc(-c3ccc(F)cc3)c2o1.O=C(CCc1cc2cc(-c3ccc(C(=O)N4CCC(F)(F)CC4)cn3)cc(-c3ccc(F)cc3)c2o1)N1Cc2ccncc2C1.c1cc2c(cn1)CNC2. The Morgan fingerprint density at radius 1 is 0.511 bits per heavy atom. The lowest BCUT2D eigenvalue weighted by Gasteiger charge is -2.31. The highest BCUT2D eigenvalue weighted by molar-refractivity contribution is 5.99.